The van der Waals surface area contributed by atoms with Gasteiger partial charge in [0, 0.05) is 18.7 Å². The molecule has 31 heavy (non-hydrogen) atoms. The van der Waals surface area contributed by atoms with Gasteiger partial charge in [-0.05, 0) is 49.4 Å². The van der Waals surface area contributed by atoms with Crippen LogP contribution in [0, 0.1) is 12.7 Å². The number of sulfonamides is 1. The molecule has 0 aliphatic carbocycles. The molecule has 0 aliphatic rings. The van der Waals surface area contributed by atoms with E-state index in [2.05, 4.69) is 10.3 Å². The van der Waals surface area contributed by atoms with Gasteiger partial charge >= 0.3 is 0 Å². The molecule has 1 aromatic heterocycles. The number of phenolic OH excluding ortho intramolecular Hbond substituents is 1. The van der Waals surface area contributed by atoms with Crippen molar-refractivity contribution in [2.45, 2.75) is 25.7 Å². The Kier molecular flexibility index (Phi) is 6.73. The first-order valence-electron chi connectivity index (χ1n) is 9.55. The van der Waals surface area contributed by atoms with Gasteiger partial charge in [-0.3, -0.25) is 4.79 Å². The van der Waals surface area contributed by atoms with Crippen molar-refractivity contribution in [1.29, 1.82) is 0 Å². The zero-order chi connectivity index (χ0) is 22.8. The van der Waals surface area contributed by atoms with Gasteiger partial charge in [0.25, 0.3) is 5.91 Å². The maximum Gasteiger partial charge on any atom is 0.267 e. The number of halogens is 1. The van der Waals surface area contributed by atoms with Crippen LogP contribution in [0.2, 0.25) is 0 Å². The molecule has 7 nitrogen and oxygen atoms in total. The van der Waals surface area contributed by atoms with Crippen molar-refractivity contribution in [2.75, 3.05) is 18.4 Å². The van der Waals surface area contributed by atoms with Crippen molar-refractivity contribution in [1.82, 2.24) is 9.29 Å². The second kappa shape index (κ2) is 9.13. The Labute approximate surface area is 184 Å². The Morgan fingerprint density at radius 1 is 1.16 bits per heavy atom. The number of nitrogens with one attached hydrogen (secondary N) is 1. The van der Waals surface area contributed by atoms with Crippen molar-refractivity contribution in [2.24, 2.45) is 0 Å². The number of carbonyl (C=O) groups is 1. The lowest BCUT2D eigenvalue weighted by Gasteiger charge is -2.19. The zero-order valence-electron chi connectivity index (χ0n) is 17.2. The number of carbonyl (C=O) groups excluding carboxylic acids is 1. The third-order valence-electron chi connectivity index (χ3n) is 4.65. The molecule has 2 aromatic carbocycles. The molecule has 2 N–H and O–H groups in total. The van der Waals surface area contributed by atoms with E-state index in [1.54, 1.807) is 32.9 Å². The van der Waals surface area contributed by atoms with Crippen molar-refractivity contribution in [3.63, 3.8) is 0 Å². The molecule has 10 heteroatoms. The summed E-state index contributed by atoms with van der Waals surface area (Å²) in [7, 11) is -3.75. The van der Waals surface area contributed by atoms with E-state index in [4.69, 9.17) is 0 Å². The molecule has 0 atom stereocenters. The third kappa shape index (κ3) is 4.76. The van der Waals surface area contributed by atoms with Crippen molar-refractivity contribution >= 4 is 33.0 Å². The Morgan fingerprint density at radius 3 is 2.42 bits per heavy atom. The molecule has 0 bridgehead atoms. The van der Waals surface area contributed by atoms with Gasteiger partial charge in [0.1, 0.15) is 21.5 Å². The monoisotopic (exact) mass is 463 g/mol. The average molecular weight is 464 g/mol. The van der Waals surface area contributed by atoms with Gasteiger partial charge < -0.3 is 10.4 Å². The second-order valence-electron chi connectivity index (χ2n) is 6.66. The molecule has 1 heterocycles. The SMILES string of the molecule is CCN(CC)S(=O)(=O)c1ccc(O)c(NC(=O)c2sc(-c3ccc(F)cc3)nc2C)c1. The van der Waals surface area contributed by atoms with Gasteiger partial charge in [-0.1, -0.05) is 13.8 Å². The average Bonchev–Trinajstić information content (AvgIpc) is 3.12. The van der Waals surface area contributed by atoms with Crippen LogP contribution in [0.15, 0.2) is 47.4 Å². The topological polar surface area (TPSA) is 99.6 Å². The summed E-state index contributed by atoms with van der Waals surface area (Å²) in [6.07, 6.45) is 0. The van der Waals surface area contributed by atoms with E-state index >= 15 is 0 Å². The minimum atomic E-state index is -3.75. The number of benzene rings is 2. The summed E-state index contributed by atoms with van der Waals surface area (Å²) in [5, 5.41) is 13.3. The lowest BCUT2D eigenvalue weighted by Crippen LogP contribution is -2.30. The number of anilines is 1. The van der Waals surface area contributed by atoms with E-state index in [1.807, 2.05) is 0 Å². The Hall–Kier alpha value is -2.82. The highest BCUT2D eigenvalue weighted by molar-refractivity contribution is 7.89. The first-order valence-corrected chi connectivity index (χ1v) is 11.8. The maximum absolute atomic E-state index is 13.2. The number of phenols is 1. The van der Waals surface area contributed by atoms with E-state index in [1.165, 1.54) is 34.6 Å². The molecule has 3 aromatic rings. The summed E-state index contributed by atoms with van der Waals surface area (Å²) < 4.78 is 39.9. The van der Waals surface area contributed by atoms with Crippen molar-refractivity contribution in [3.05, 3.63) is 58.9 Å². The zero-order valence-corrected chi connectivity index (χ0v) is 18.8. The number of hydrogen-bond donors (Lipinski definition) is 2. The summed E-state index contributed by atoms with van der Waals surface area (Å²) in [5.41, 5.74) is 1.12. The van der Waals surface area contributed by atoms with Gasteiger partial charge in [-0.25, -0.2) is 17.8 Å². The highest BCUT2D eigenvalue weighted by atomic mass is 32.2. The fourth-order valence-electron chi connectivity index (χ4n) is 2.99. The number of aryl methyl sites for hydroxylation is 1. The van der Waals surface area contributed by atoms with E-state index in [-0.39, 0.29) is 22.1 Å². The van der Waals surface area contributed by atoms with Crippen LogP contribution in [0.1, 0.15) is 29.2 Å². The number of nitrogens with zero attached hydrogens (tertiary/aromatic N) is 2. The van der Waals surface area contributed by atoms with Crippen LogP contribution in [-0.2, 0) is 10.0 Å². The number of rotatable bonds is 7. The number of hydrogen-bond acceptors (Lipinski definition) is 6. The smallest absolute Gasteiger partial charge is 0.267 e. The quantitative estimate of drug-likeness (QED) is 0.511. The van der Waals surface area contributed by atoms with E-state index < -0.39 is 15.9 Å². The lowest BCUT2D eigenvalue weighted by molar-refractivity contribution is 0.102. The van der Waals surface area contributed by atoms with Crippen molar-refractivity contribution in [3.8, 4) is 16.3 Å². The number of amides is 1. The van der Waals surface area contributed by atoms with Crippen LogP contribution in [-0.4, -0.2) is 41.8 Å². The molecule has 0 radical (unpaired) electrons. The van der Waals surface area contributed by atoms with Gasteiger partial charge in [0.05, 0.1) is 16.3 Å². The molecule has 1 amide bonds. The summed E-state index contributed by atoms with van der Waals surface area (Å²) >= 11 is 1.12. The molecule has 0 fully saturated rings. The summed E-state index contributed by atoms with van der Waals surface area (Å²) in [6, 6.07) is 9.53. The van der Waals surface area contributed by atoms with Crippen LogP contribution in [0.3, 0.4) is 0 Å². The predicted molar refractivity (Wildman–Crippen MR) is 118 cm³/mol. The van der Waals surface area contributed by atoms with Crippen LogP contribution in [0.25, 0.3) is 10.6 Å². The largest absolute Gasteiger partial charge is 0.506 e. The molecular weight excluding hydrogens is 441 g/mol. The summed E-state index contributed by atoms with van der Waals surface area (Å²) in [4.78, 5) is 17.5. The Bertz CT molecular complexity index is 1200. The number of thiazole rings is 1. The van der Waals surface area contributed by atoms with Gasteiger partial charge in [-0.15, -0.1) is 11.3 Å². The van der Waals surface area contributed by atoms with Gasteiger partial charge in [-0.2, -0.15) is 4.31 Å². The molecule has 0 spiro atoms. The minimum absolute atomic E-state index is 0.0191. The third-order valence-corrected chi connectivity index (χ3v) is 7.90. The van der Waals surface area contributed by atoms with E-state index in [9.17, 15) is 22.7 Å². The first kappa shape index (κ1) is 22.9. The Balaban J connectivity index is 1.90. The number of aromatic nitrogens is 1. The summed E-state index contributed by atoms with van der Waals surface area (Å²) in [5.74, 6) is -1.16. The normalized spacial score (nSPS) is 11.6. The highest BCUT2D eigenvalue weighted by Crippen LogP contribution is 2.31. The predicted octanol–water partition coefficient (Wildman–Crippen LogP) is 4.25. The van der Waals surface area contributed by atoms with Gasteiger partial charge in [0.15, 0.2) is 0 Å². The highest BCUT2D eigenvalue weighted by Gasteiger charge is 2.24. The second-order valence-corrected chi connectivity index (χ2v) is 9.60. The molecule has 3 rings (SSSR count). The van der Waals surface area contributed by atoms with E-state index in [0.29, 0.717) is 34.2 Å². The van der Waals surface area contributed by atoms with Crippen LogP contribution >= 0.6 is 11.3 Å². The molecule has 0 saturated carbocycles. The lowest BCUT2D eigenvalue weighted by atomic mass is 10.2. The fraction of sp³-hybridized carbons (Fsp3) is 0.238. The van der Waals surface area contributed by atoms with E-state index in [0.717, 1.165) is 11.3 Å². The summed E-state index contributed by atoms with van der Waals surface area (Å²) in [6.45, 7) is 5.73. The Morgan fingerprint density at radius 2 is 1.81 bits per heavy atom. The van der Waals surface area contributed by atoms with Crippen molar-refractivity contribution < 1.29 is 22.7 Å². The van der Waals surface area contributed by atoms with Crippen LogP contribution in [0.4, 0.5) is 10.1 Å². The first-order chi connectivity index (χ1) is 14.7. The fourth-order valence-corrected chi connectivity index (χ4v) is 5.44. The van der Waals surface area contributed by atoms with Crippen LogP contribution in [0.5, 0.6) is 5.75 Å². The maximum atomic E-state index is 13.2. The standard InChI is InChI=1S/C21H22FN3O4S2/c1-4-25(5-2)31(28,29)16-10-11-18(26)17(12-16)24-20(27)19-13(3)23-21(30-19)14-6-8-15(22)9-7-14/h6-12,26H,4-5H2,1-3H3,(H,24,27). The number of aromatic hydroxyl groups is 1. The van der Waals surface area contributed by atoms with Gasteiger partial charge in [0.2, 0.25) is 10.0 Å². The minimum Gasteiger partial charge on any atom is -0.506 e. The molecular formula is C21H22FN3O4S2. The molecule has 0 aliphatic heterocycles. The molecule has 0 unspecified atom stereocenters. The molecule has 164 valence electrons. The van der Waals surface area contributed by atoms with Crippen LogP contribution < -0.4 is 5.32 Å². The molecule has 0 saturated heterocycles.